The molecule has 1 heteroatoms. The third kappa shape index (κ3) is 2.00. The highest BCUT2D eigenvalue weighted by Crippen LogP contribution is 2.46. The number of carbonyl (C=O) groups is 1. The topological polar surface area (TPSA) is 17.1 Å². The second-order valence-electron chi connectivity index (χ2n) is 5.92. The standard InChI is InChI=1S/C15H22O/c1-11-13(16)9-10-15(2,3)14(11)12-7-5-4-6-8-12/h9-10,12,14H,1,4-8H2,2-3H3. The number of allylic oxidation sites excluding steroid dienone is 3. The van der Waals surface area contributed by atoms with E-state index in [9.17, 15) is 4.79 Å². The maximum Gasteiger partial charge on any atom is 0.181 e. The average Bonchev–Trinajstić information content (AvgIpc) is 2.26. The summed E-state index contributed by atoms with van der Waals surface area (Å²) in [6.07, 6.45) is 10.3. The van der Waals surface area contributed by atoms with Crippen molar-refractivity contribution in [1.82, 2.24) is 0 Å². The highest BCUT2D eigenvalue weighted by Gasteiger charge is 2.40. The van der Waals surface area contributed by atoms with Crippen molar-refractivity contribution in [2.24, 2.45) is 17.3 Å². The molecule has 88 valence electrons. The van der Waals surface area contributed by atoms with Gasteiger partial charge in [0.2, 0.25) is 0 Å². The second kappa shape index (κ2) is 4.20. The lowest BCUT2D eigenvalue weighted by Crippen LogP contribution is -2.36. The predicted molar refractivity (Wildman–Crippen MR) is 67.1 cm³/mol. The molecular formula is C15H22O. The molecule has 0 spiro atoms. The summed E-state index contributed by atoms with van der Waals surface area (Å²) in [5.74, 6) is 1.19. The third-order valence-electron chi connectivity index (χ3n) is 4.28. The first-order valence-electron chi connectivity index (χ1n) is 6.45. The van der Waals surface area contributed by atoms with Gasteiger partial charge < -0.3 is 0 Å². The van der Waals surface area contributed by atoms with Gasteiger partial charge in [-0.25, -0.2) is 0 Å². The van der Waals surface area contributed by atoms with Crippen LogP contribution in [0.4, 0.5) is 0 Å². The number of hydrogen-bond donors (Lipinski definition) is 0. The van der Waals surface area contributed by atoms with E-state index in [1.807, 2.05) is 0 Å². The Hall–Kier alpha value is -0.850. The van der Waals surface area contributed by atoms with Gasteiger partial charge in [-0.1, -0.05) is 45.8 Å². The lowest BCUT2D eigenvalue weighted by atomic mass is 9.62. The molecular weight excluding hydrogens is 196 g/mol. The van der Waals surface area contributed by atoms with Crippen molar-refractivity contribution in [3.8, 4) is 0 Å². The lowest BCUT2D eigenvalue weighted by molar-refractivity contribution is -0.113. The average molecular weight is 218 g/mol. The molecule has 2 aliphatic rings. The number of rotatable bonds is 1. The van der Waals surface area contributed by atoms with Gasteiger partial charge in [-0.3, -0.25) is 4.79 Å². The van der Waals surface area contributed by atoms with Crippen LogP contribution in [0.3, 0.4) is 0 Å². The smallest absolute Gasteiger partial charge is 0.181 e. The van der Waals surface area contributed by atoms with E-state index in [1.165, 1.54) is 32.1 Å². The molecule has 0 bridgehead atoms. The zero-order chi connectivity index (χ0) is 11.8. The Bertz CT molecular complexity index is 329. The molecule has 0 aromatic heterocycles. The van der Waals surface area contributed by atoms with Crippen LogP contribution in [0.15, 0.2) is 24.3 Å². The normalized spacial score (nSPS) is 30.8. The number of carbonyl (C=O) groups excluding carboxylic acids is 1. The van der Waals surface area contributed by atoms with E-state index < -0.39 is 0 Å². The summed E-state index contributed by atoms with van der Waals surface area (Å²) in [6.45, 7) is 8.52. The molecule has 16 heavy (non-hydrogen) atoms. The van der Waals surface area contributed by atoms with Crippen LogP contribution in [-0.4, -0.2) is 5.78 Å². The first-order valence-corrected chi connectivity index (χ1v) is 6.45. The van der Waals surface area contributed by atoms with Crippen molar-refractivity contribution < 1.29 is 4.79 Å². The summed E-state index contributed by atoms with van der Waals surface area (Å²) in [4.78, 5) is 11.7. The van der Waals surface area contributed by atoms with E-state index in [1.54, 1.807) is 6.08 Å². The van der Waals surface area contributed by atoms with Crippen LogP contribution in [-0.2, 0) is 4.79 Å². The zero-order valence-electron chi connectivity index (χ0n) is 10.5. The number of ketones is 1. The fourth-order valence-electron chi connectivity index (χ4n) is 3.46. The van der Waals surface area contributed by atoms with Crippen molar-refractivity contribution >= 4 is 5.78 Å². The zero-order valence-corrected chi connectivity index (χ0v) is 10.5. The maximum absolute atomic E-state index is 11.7. The molecule has 2 rings (SSSR count). The molecule has 0 heterocycles. The molecule has 1 fully saturated rings. The SMILES string of the molecule is C=C1C(=O)C=CC(C)(C)C1C1CCCCC1. The summed E-state index contributed by atoms with van der Waals surface area (Å²) in [6, 6.07) is 0. The Morgan fingerprint density at radius 2 is 1.88 bits per heavy atom. The fraction of sp³-hybridized carbons (Fsp3) is 0.667. The molecule has 1 unspecified atom stereocenters. The fourth-order valence-corrected chi connectivity index (χ4v) is 3.46. The molecule has 0 aromatic carbocycles. The van der Waals surface area contributed by atoms with Crippen LogP contribution in [0.25, 0.3) is 0 Å². The van der Waals surface area contributed by atoms with Gasteiger partial charge in [-0.05, 0) is 41.7 Å². The Kier molecular flexibility index (Phi) is 3.05. The Balaban J connectivity index is 2.25. The van der Waals surface area contributed by atoms with Gasteiger partial charge in [0.1, 0.15) is 0 Å². The molecule has 1 nitrogen and oxygen atoms in total. The molecule has 0 saturated heterocycles. The highest BCUT2D eigenvalue weighted by molar-refractivity contribution is 6.05. The van der Waals surface area contributed by atoms with Gasteiger partial charge in [0.25, 0.3) is 0 Å². The molecule has 1 saturated carbocycles. The van der Waals surface area contributed by atoms with E-state index in [0.717, 1.165) is 5.57 Å². The van der Waals surface area contributed by atoms with E-state index >= 15 is 0 Å². The molecule has 1 atom stereocenters. The Morgan fingerprint density at radius 3 is 2.50 bits per heavy atom. The monoisotopic (exact) mass is 218 g/mol. The molecule has 0 radical (unpaired) electrons. The summed E-state index contributed by atoms with van der Waals surface area (Å²) in [5, 5.41) is 0. The second-order valence-corrected chi connectivity index (χ2v) is 5.92. The minimum absolute atomic E-state index is 0.104. The van der Waals surface area contributed by atoms with E-state index in [4.69, 9.17) is 0 Å². The summed E-state index contributed by atoms with van der Waals surface area (Å²) >= 11 is 0. The van der Waals surface area contributed by atoms with Crippen molar-refractivity contribution in [2.75, 3.05) is 0 Å². The molecule has 0 amide bonds. The van der Waals surface area contributed by atoms with Crippen molar-refractivity contribution in [2.45, 2.75) is 46.0 Å². The summed E-state index contributed by atoms with van der Waals surface area (Å²) in [7, 11) is 0. The molecule has 0 aliphatic heterocycles. The number of hydrogen-bond acceptors (Lipinski definition) is 1. The van der Waals surface area contributed by atoms with Gasteiger partial charge in [-0.15, -0.1) is 0 Å². The largest absolute Gasteiger partial charge is 0.290 e. The van der Waals surface area contributed by atoms with Crippen LogP contribution in [0.2, 0.25) is 0 Å². The Morgan fingerprint density at radius 1 is 1.25 bits per heavy atom. The van der Waals surface area contributed by atoms with Crippen molar-refractivity contribution in [3.05, 3.63) is 24.3 Å². The molecule has 0 N–H and O–H groups in total. The van der Waals surface area contributed by atoms with E-state index in [2.05, 4.69) is 26.5 Å². The van der Waals surface area contributed by atoms with Gasteiger partial charge in [0, 0.05) is 0 Å². The summed E-state index contributed by atoms with van der Waals surface area (Å²) in [5.41, 5.74) is 0.951. The third-order valence-corrected chi connectivity index (χ3v) is 4.28. The highest BCUT2D eigenvalue weighted by atomic mass is 16.1. The maximum atomic E-state index is 11.7. The Labute approximate surface area is 98.6 Å². The van der Waals surface area contributed by atoms with E-state index in [0.29, 0.717) is 11.8 Å². The van der Waals surface area contributed by atoms with Crippen LogP contribution in [0, 0.1) is 17.3 Å². The van der Waals surface area contributed by atoms with Crippen LogP contribution < -0.4 is 0 Å². The van der Waals surface area contributed by atoms with Gasteiger partial charge in [0.05, 0.1) is 0 Å². The minimum Gasteiger partial charge on any atom is -0.290 e. The molecule has 2 aliphatic carbocycles. The van der Waals surface area contributed by atoms with Crippen molar-refractivity contribution in [1.29, 1.82) is 0 Å². The quantitative estimate of drug-likeness (QED) is 0.610. The van der Waals surface area contributed by atoms with Gasteiger partial charge in [-0.2, -0.15) is 0 Å². The minimum atomic E-state index is 0.104. The van der Waals surface area contributed by atoms with Crippen molar-refractivity contribution in [3.63, 3.8) is 0 Å². The first kappa shape index (κ1) is 11.6. The van der Waals surface area contributed by atoms with Crippen LogP contribution in [0.1, 0.15) is 46.0 Å². The van der Waals surface area contributed by atoms with Crippen LogP contribution in [0.5, 0.6) is 0 Å². The first-order chi connectivity index (χ1) is 7.52. The predicted octanol–water partition coefficient (Wildman–Crippen LogP) is 3.90. The summed E-state index contributed by atoms with van der Waals surface area (Å²) < 4.78 is 0. The van der Waals surface area contributed by atoms with Gasteiger partial charge >= 0.3 is 0 Å². The van der Waals surface area contributed by atoms with Crippen LogP contribution >= 0.6 is 0 Å². The van der Waals surface area contributed by atoms with E-state index in [-0.39, 0.29) is 11.2 Å². The molecule has 0 aromatic rings. The van der Waals surface area contributed by atoms with Gasteiger partial charge in [0.15, 0.2) is 5.78 Å². The lowest BCUT2D eigenvalue weighted by Gasteiger charge is -2.42.